The van der Waals surface area contributed by atoms with Gasteiger partial charge in [0.15, 0.2) is 5.82 Å². The number of imidazole rings is 1. The van der Waals surface area contributed by atoms with Gasteiger partial charge in [0, 0.05) is 24.2 Å². The topological polar surface area (TPSA) is 70.7 Å². The molecule has 0 spiro atoms. The fraction of sp³-hybridized carbons (Fsp3) is 0.333. The molecule has 1 aliphatic heterocycles. The Hall–Kier alpha value is -3.95. The molecule has 37 heavy (non-hydrogen) atoms. The summed E-state index contributed by atoms with van der Waals surface area (Å²) in [5.74, 6) is 1.22. The Morgan fingerprint density at radius 2 is 1.97 bits per heavy atom. The lowest BCUT2D eigenvalue weighted by molar-refractivity contribution is -0.0951. The first-order valence-electron chi connectivity index (χ1n) is 12.1. The Morgan fingerprint density at radius 1 is 1.11 bits per heavy atom. The van der Waals surface area contributed by atoms with Crippen LogP contribution in [0.15, 0.2) is 60.6 Å². The molecular weight excluding hydrogens is 481 g/mol. The lowest BCUT2D eigenvalue weighted by Gasteiger charge is -2.29. The van der Waals surface area contributed by atoms with E-state index in [1.807, 2.05) is 46.7 Å². The summed E-state index contributed by atoms with van der Waals surface area (Å²) in [4.78, 5) is 13.5. The van der Waals surface area contributed by atoms with E-state index in [0.717, 1.165) is 30.0 Å². The van der Waals surface area contributed by atoms with Crippen LogP contribution in [0.3, 0.4) is 0 Å². The zero-order valence-electron chi connectivity index (χ0n) is 20.6. The highest BCUT2D eigenvalue weighted by atomic mass is 19.4. The van der Waals surface area contributed by atoms with Crippen LogP contribution in [0, 0.1) is 12.8 Å². The van der Waals surface area contributed by atoms with Crippen molar-refractivity contribution in [2.24, 2.45) is 5.92 Å². The van der Waals surface area contributed by atoms with Gasteiger partial charge in [0.25, 0.3) is 0 Å². The van der Waals surface area contributed by atoms with E-state index in [0.29, 0.717) is 23.9 Å². The summed E-state index contributed by atoms with van der Waals surface area (Å²) in [6.45, 7) is 2.60. The summed E-state index contributed by atoms with van der Waals surface area (Å²) in [7, 11) is 1.56. The first-order chi connectivity index (χ1) is 17.8. The number of nitrogens with zero attached hydrogens (tertiary/aromatic N) is 6. The number of halogens is 3. The fourth-order valence-electron chi connectivity index (χ4n) is 4.80. The summed E-state index contributed by atoms with van der Waals surface area (Å²) >= 11 is 0. The van der Waals surface area contributed by atoms with Crippen molar-refractivity contribution in [1.82, 2.24) is 29.3 Å². The number of aromatic nitrogens is 6. The van der Waals surface area contributed by atoms with E-state index in [1.165, 1.54) is 12.2 Å². The van der Waals surface area contributed by atoms with Gasteiger partial charge in [0.05, 0.1) is 24.8 Å². The maximum atomic E-state index is 13.5. The fourth-order valence-corrected chi connectivity index (χ4v) is 4.80. The third-order valence-electron chi connectivity index (χ3n) is 6.60. The predicted molar refractivity (Wildman–Crippen MR) is 134 cm³/mol. The first-order valence-corrected chi connectivity index (χ1v) is 12.1. The SMILES string of the molecule is COc1nc(C=Cc2nc3n(n2)CCCC3C2C=CC=CC=C(C(F)(F)F)C2)ccc1-n1cnc(C)c1. The molecule has 3 aromatic rings. The lowest BCUT2D eigenvalue weighted by Crippen LogP contribution is -2.25. The highest BCUT2D eigenvalue weighted by Gasteiger charge is 2.38. The lowest BCUT2D eigenvalue weighted by atomic mass is 9.81. The van der Waals surface area contributed by atoms with Crippen molar-refractivity contribution in [1.29, 1.82) is 0 Å². The van der Waals surface area contributed by atoms with Crippen molar-refractivity contribution < 1.29 is 17.9 Å². The van der Waals surface area contributed by atoms with Gasteiger partial charge in [-0.2, -0.15) is 18.3 Å². The van der Waals surface area contributed by atoms with Crippen molar-refractivity contribution in [2.75, 3.05) is 7.11 Å². The van der Waals surface area contributed by atoms with E-state index in [1.54, 1.807) is 31.7 Å². The number of ether oxygens (including phenoxy) is 1. The van der Waals surface area contributed by atoms with Gasteiger partial charge in [-0.15, -0.1) is 0 Å². The summed E-state index contributed by atoms with van der Waals surface area (Å²) in [5, 5.41) is 4.60. The molecule has 1 aliphatic carbocycles. The smallest absolute Gasteiger partial charge is 0.412 e. The number of alkyl halides is 3. The van der Waals surface area contributed by atoms with Gasteiger partial charge in [-0.1, -0.05) is 30.4 Å². The van der Waals surface area contributed by atoms with E-state index >= 15 is 0 Å². The van der Waals surface area contributed by atoms with Crippen LogP contribution >= 0.6 is 0 Å². The van der Waals surface area contributed by atoms with E-state index in [-0.39, 0.29) is 18.3 Å². The molecule has 7 nitrogen and oxygen atoms in total. The second-order valence-corrected chi connectivity index (χ2v) is 9.15. The summed E-state index contributed by atoms with van der Waals surface area (Å²) in [6, 6.07) is 3.76. The number of aryl methyl sites for hydroxylation is 2. The molecule has 0 aromatic carbocycles. The van der Waals surface area contributed by atoms with Gasteiger partial charge < -0.3 is 9.30 Å². The number of hydrogen-bond acceptors (Lipinski definition) is 5. The van der Waals surface area contributed by atoms with Gasteiger partial charge in [-0.25, -0.2) is 19.6 Å². The van der Waals surface area contributed by atoms with E-state index in [4.69, 9.17) is 9.72 Å². The van der Waals surface area contributed by atoms with Crippen LogP contribution in [0.1, 0.15) is 48.2 Å². The second kappa shape index (κ2) is 10.2. The minimum Gasteiger partial charge on any atom is -0.479 e. The van der Waals surface area contributed by atoms with Gasteiger partial charge in [0.1, 0.15) is 11.5 Å². The molecule has 0 bridgehead atoms. The van der Waals surface area contributed by atoms with Gasteiger partial charge >= 0.3 is 6.18 Å². The average molecular weight is 509 g/mol. The largest absolute Gasteiger partial charge is 0.479 e. The number of methoxy groups -OCH3 is 1. The third-order valence-corrected chi connectivity index (χ3v) is 6.60. The predicted octanol–water partition coefficient (Wildman–Crippen LogP) is 5.84. The maximum absolute atomic E-state index is 13.5. The number of pyridine rings is 1. The molecule has 3 aromatic heterocycles. The summed E-state index contributed by atoms with van der Waals surface area (Å²) in [6.07, 6.45) is 12.2. The molecule has 0 N–H and O–H groups in total. The van der Waals surface area contributed by atoms with Crippen LogP contribution in [0.5, 0.6) is 5.88 Å². The molecule has 0 saturated heterocycles. The number of hydrogen-bond donors (Lipinski definition) is 0. The molecule has 2 atom stereocenters. The Bertz CT molecular complexity index is 1400. The average Bonchev–Trinajstić information content (AvgIpc) is 3.47. The monoisotopic (exact) mass is 508 g/mol. The molecule has 5 rings (SSSR count). The highest BCUT2D eigenvalue weighted by Crippen LogP contribution is 2.40. The minimum absolute atomic E-state index is 0.0838. The molecule has 192 valence electrons. The molecular formula is C27H27F3N6O. The molecule has 0 amide bonds. The quantitative estimate of drug-likeness (QED) is 0.433. The van der Waals surface area contributed by atoms with E-state index < -0.39 is 11.7 Å². The van der Waals surface area contributed by atoms with E-state index in [2.05, 4.69) is 15.1 Å². The zero-order valence-corrected chi connectivity index (χ0v) is 20.6. The number of fused-ring (bicyclic) bond motifs is 1. The van der Waals surface area contributed by atoms with Crippen molar-refractivity contribution in [3.63, 3.8) is 0 Å². The Labute approximate surface area is 212 Å². The van der Waals surface area contributed by atoms with E-state index in [9.17, 15) is 13.2 Å². The van der Waals surface area contributed by atoms with Crippen LogP contribution in [-0.2, 0) is 6.54 Å². The Balaban J connectivity index is 1.38. The normalized spacial score (nSPS) is 20.0. The van der Waals surface area contributed by atoms with Gasteiger partial charge in [-0.3, -0.25) is 0 Å². The molecule has 4 heterocycles. The summed E-state index contributed by atoms with van der Waals surface area (Å²) < 4.78 is 49.8. The Kier molecular flexibility index (Phi) is 6.82. The maximum Gasteiger partial charge on any atom is 0.412 e. The minimum atomic E-state index is -4.36. The molecule has 0 fully saturated rings. The van der Waals surface area contributed by atoms with Crippen LogP contribution in [-0.4, -0.2) is 42.6 Å². The van der Waals surface area contributed by atoms with Crippen LogP contribution in [0.2, 0.25) is 0 Å². The number of allylic oxidation sites excluding steroid dienone is 6. The van der Waals surface area contributed by atoms with Gasteiger partial charge in [0.2, 0.25) is 5.88 Å². The second-order valence-electron chi connectivity index (χ2n) is 9.15. The van der Waals surface area contributed by atoms with Crippen LogP contribution < -0.4 is 4.74 Å². The highest BCUT2D eigenvalue weighted by molar-refractivity contribution is 5.65. The van der Waals surface area contributed by atoms with Crippen molar-refractivity contribution in [2.45, 2.75) is 44.8 Å². The van der Waals surface area contributed by atoms with Crippen LogP contribution in [0.4, 0.5) is 13.2 Å². The number of rotatable bonds is 5. The van der Waals surface area contributed by atoms with Gasteiger partial charge in [-0.05, 0) is 56.4 Å². The van der Waals surface area contributed by atoms with Crippen molar-refractivity contribution in [3.8, 4) is 11.6 Å². The molecule has 2 aliphatic rings. The first kappa shape index (κ1) is 24.7. The molecule has 0 radical (unpaired) electrons. The third kappa shape index (κ3) is 5.42. The molecule has 2 unspecified atom stereocenters. The zero-order chi connectivity index (χ0) is 26.0. The summed E-state index contributed by atoms with van der Waals surface area (Å²) in [5.41, 5.74) is 1.80. The van der Waals surface area contributed by atoms with Crippen molar-refractivity contribution >= 4 is 12.2 Å². The standard InChI is InChI=1S/C27H27F3N6O/c1-18-16-35(17-31-18)23-12-10-21(32-26(23)37-2)11-13-24-33-25-22(9-6-14-36(25)34-24)19-7-4-3-5-8-20(15-19)27(28,29)30/h3-5,7-8,10-13,16-17,19,22H,6,9,14-15H2,1-2H3. The van der Waals surface area contributed by atoms with Crippen molar-refractivity contribution in [3.05, 3.63) is 83.6 Å². The molecule has 0 saturated carbocycles. The Morgan fingerprint density at radius 3 is 2.73 bits per heavy atom. The molecule has 10 heteroatoms. The van der Waals surface area contributed by atoms with Crippen LogP contribution in [0.25, 0.3) is 17.8 Å².